The fraction of sp³-hybridized carbons (Fsp3) is 0.167. The number of hydrogen-bond donors (Lipinski definition) is 2. The van der Waals surface area contributed by atoms with Crippen molar-refractivity contribution in [1.82, 2.24) is 4.90 Å². The Balaban J connectivity index is 1.74. The third-order valence-electron chi connectivity index (χ3n) is 5.82. The molecule has 0 radical (unpaired) electrons. The first-order valence-corrected chi connectivity index (χ1v) is 10.0. The van der Waals surface area contributed by atoms with Crippen molar-refractivity contribution in [2.45, 2.75) is 18.4 Å². The molecule has 1 atom stereocenters. The van der Waals surface area contributed by atoms with Crippen LogP contribution in [-0.4, -0.2) is 38.6 Å². The van der Waals surface area contributed by atoms with Gasteiger partial charge in [-0.15, -0.1) is 0 Å². The Kier molecular flexibility index (Phi) is 5.59. The van der Waals surface area contributed by atoms with Gasteiger partial charge in [0, 0.05) is 24.6 Å². The van der Waals surface area contributed by atoms with E-state index in [0.29, 0.717) is 5.56 Å². The molecule has 3 aromatic rings. The van der Waals surface area contributed by atoms with E-state index in [2.05, 4.69) is 0 Å². The topological polar surface area (TPSA) is 121 Å². The molecular weight excluding hydrogens is 412 g/mol. The van der Waals surface area contributed by atoms with Crippen molar-refractivity contribution < 1.29 is 24.7 Å². The standard InChI is InChI=1S/C24H20N2O6/c27-23(28)13-22(15-9-11-16(12-10-15)26(31)32)25(24(29)30)14-21-19-7-3-1-5-17(19)18-6-2-4-8-20(18)21/h1-12,21-22H,13-14H2,(H,27,28)(H,29,30)/t22-/m0/s1. The molecule has 0 unspecified atom stereocenters. The number of aliphatic carboxylic acids is 1. The Morgan fingerprint density at radius 2 is 1.44 bits per heavy atom. The first kappa shape index (κ1) is 21.0. The monoisotopic (exact) mass is 432 g/mol. The number of benzene rings is 3. The minimum atomic E-state index is -1.25. The van der Waals surface area contributed by atoms with Crippen LogP contribution in [0.5, 0.6) is 0 Å². The van der Waals surface area contributed by atoms with Crippen LogP contribution in [0.4, 0.5) is 10.5 Å². The van der Waals surface area contributed by atoms with Gasteiger partial charge in [-0.05, 0) is 27.8 Å². The number of amides is 1. The van der Waals surface area contributed by atoms with Crippen LogP contribution >= 0.6 is 0 Å². The van der Waals surface area contributed by atoms with E-state index in [1.807, 2.05) is 48.5 Å². The Morgan fingerprint density at radius 3 is 1.91 bits per heavy atom. The van der Waals surface area contributed by atoms with Gasteiger partial charge >= 0.3 is 12.1 Å². The minimum absolute atomic E-state index is 0.0539. The fourth-order valence-corrected chi connectivity index (χ4v) is 4.38. The smallest absolute Gasteiger partial charge is 0.407 e. The van der Waals surface area contributed by atoms with Crippen molar-refractivity contribution in [3.63, 3.8) is 0 Å². The predicted molar refractivity (Wildman–Crippen MR) is 117 cm³/mol. The number of nitrogens with zero attached hydrogens (tertiary/aromatic N) is 2. The summed E-state index contributed by atoms with van der Waals surface area (Å²) >= 11 is 0. The first-order chi connectivity index (χ1) is 15.4. The number of hydrogen-bond acceptors (Lipinski definition) is 4. The van der Waals surface area contributed by atoms with Crippen molar-refractivity contribution in [3.8, 4) is 11.1 Å². The Hall–Kier alpha value is -4.20. The molecule has 0 saturated heterocycles. The maximum absolute atomic E-state index is 12.3. The van der Waals surface area contributed by atoms with Gasteiger partial charge in [-0.2, -0.15) is 0 Å². The van der Waals surface area contributed by atoms with Crippen LogP contribution < -0.4 is 0 Å². The molecule has 4 rings (SSSR count). The lowest BCUT2D eigenvalue weighted by Gasteiger charge is -2.31. The van der Waals surface area contributed by atoms with Crippen LogP contribution in [0.25, 0.3) is 11.1 Å². The van der Waals surface area contributed by atoms with Crippen molar-refractivity contribution in [3.05, 3.63) is 99.6 Å². The van der Waals surface area contributed by atoms with Crippen LogP contribution in [0.2, 0.25) is 0 Å². The van der Waals surface area contributed by atoms with Crippen molar-refractivity contribution in [1.29, 1.82) is 0 Å². The van der Waals surface area contributed by atoms with Gasteiger partial charge in [0.2, 0.25) is 0 Å². The second-order valence-electron chi connectivity index (χ2n) is 7.62. The zero-order valence-corrected chi connectivity index (χ0v) is 16.9. The molecular formula is C24H20N2O6. The second kappa shape index (κ2) is 8.50. The number of carboxylic acid groups (broad SMARTS) is 2. The fourth-order valence-electron chi connectivity index (χ4n) is 4.38. The van der Waals surface area contributed by atoms with Crippen LogP contribution in [0.3, 0.4) is 0 Å². The highest BCUT2D eigenvalue weighted by molar-refractivity contribution is 5.79. The Morgan fingerprint density at radius 1 is 0.906 bits per heavy atom. The van der Waals surface area contributed by atoms with Gasteiger partial charge in [-0.1, -0.05) is 60.7 Å². The van der Waals surface area contributed by atoms with Crippen molar-refractivity contribution >= 4 is 17.7 Å². The van der Waals surface area contributed by atoms with Crippen LogP contribution in [0.1, 0.15) is 35.1 Å². The molecule has 0 spiro atoms. The van der Waals surface area contributed by atoms with Gasteiger partial charge in [0.25, 0.3) is 5.69 Å². The second-order valence-corrected chi connectivity index (χ2v) is 7.62. The summed E-state index contributed by atoms with van der Waals surface area (Å²) in [5.74, 6) is -1.42. The molecule has 0 heterocycles. The van der Waals surface area contributed by atoms with Gasteiger partial charge in [-0.25, -0.2) is 4.79 Å². The van der Waals surface area contributed by atoms with Gasteiger partial charge in [-0.3, -0.25) is 19.8 Å². The summed E-state index contributed by atoms with van der Waals surface area (Å²) < 4.78 is 0. The number of non-ortho nitro benzene ring substituents is 1. The van der Waals surface area contributed by atoms with E-state index in [0.717, 1.165) is 27.2 Å². The highest BCUT2D eigenvalue weighted by atomic mass is 16.6. The zero-order valence-electron chi connectivity index (χ0n) is 16.9. The highest BCUT2D eigenvalue weighted by Crippen LogP contribution is 2.45. The lowest BCUT2D eigenvalue weighted by Crippen LogP contribution is -2.38. The Bertz CT molecular complexity index is 1150. The van der Waals surface area contributed by atoms with Crippen molar-refractivity contribution in [2.75, 3.05) is 6.54 Å². The number of carbonyl (C=O) groups is 2. The number of fused-ring (bicyclic) bond motifs is 3. The average Bonchev–Trinajstić information content (AvgIpc) is 3.09. The minimum Gasteiger partial charge on any atom is -0.481 e. The number of nitro groups is 1. The molecule has 1 aliphatic rings. The van der Waals surface area contributed by atoms with Crippen LogP contribution in [-0.2, 0) is 4.79 Å². The molecule has 0 saturated carbocycles. The predicted octanol–water partition coefficient (Wildman–Crippen LogP) is 4.90. The van der Waals surface area contributed by atoms with E-state index >= 15 is 0 Å². The van der Waals surface area contributed by atoms with Crippen LogP contribution in [0, 0.1) is 10.1 Å². The summed E-state index contributed by atoms with van der Waals surface area (Å²) in [5.41, 5.74) is 4.27. The molecule has 8 nitrogen and oxygen atoms in total. The summed E-state index contributed by atoms with van der Waals surface area (Å²) in [4.78, 5) is 35.4. The summed E-state index contributed by atoms with van der Waals surface area (Å²) in [5, 5.41) is 30.5. The summed E-state index contributed by atoms with van der Waals surface area (Å²) in [7, 11) is 0. The zero-order chi connectivity index (χ0) is 22.8. The lowest BCUT2D eigenvalue weighted by molar-refractivity contribution is -0.384. The molecule has 2 N–H and O–H groups in total. The van der Waals surface area contributed by atoms with E-state index in [1.54, 1.807) is 0 Å². The van der Waals surface area contributed by atoms with E-state index in [-0.39, 0.29) is 18.2 Å². The number of nitro benzene ring substituents is 1. The molecule has 0 fully saturated rings. The molecule has 3 aromatic carbocycles. The average molecular weight is 432 g/mol. The quantitative estimate of drug-likeness (QED) is 0.404. The molecule has 1 aliphatic carbocycles. The molecule has 8 heteroatoms. The van der Waals surface area contributed by atoms with E-state index < -0.39 is 29.4 Å². The van der Waals surface area contributed by atoms with Gasteiger partial charge in [0.15, 0.2) is 0 Å². The maximum Gasteiger partial charge on any atom is 0.407 e. The van der Waals surface area contributed by atoms with E-state index in [1.165, 1.54) is 24.3 Å². The number of carboxylic acids is 1. The van der Waals surface area contributed by atoms with E-state index in [9.17, 15) is 29.9 Å². The molecule has 162 valence electrons. The third kappa shape index (κ3) is 3.90. The van der Waals surface area contributed by atoms with E-state index in [4.69, 9.17) is 0 Å². The number of rotatable bonds is 7. The summed E-state index contributed by atoms with van der Waals surface area (Å²) in [6.45, 7) is 0.0539. The largest absolute Gasteiger partial charge is 0.481 e. The SMILES string of the molecule is O=C(O)C[C@@H](c1ccc([N+](=O)[O-])cc1)N(CC1c2ccccc2-c2ccccc21)C(=O)O. The lowest BCUT2D eigenvalue weighted by atomic mass is 9.94. The third-order valence-corrected chi connectivity index (χ3v) is 5.82. The molecule has 0 aromatic heterocycles. The van der Waals surface area contributed by atoms with Gasteiger partial charge in [0.1, 0.15) is 0 Å². The van der Waals surface area contributed by atoms with Crippen molar-refractivity contribution in [2.24, 2.45) is 0 Å². The molecule has 0 bridgehead atoms. The summed E-state index contributed by atoms with van der Waals surface area (Å²) in [6, 6.07) is 19.9. The Labute approximate surface area is 183 Å². The normalized spacial score (nSPS) is 13.1. The van der Waals surface area contributed by atoms with Gasteiger partial charge < -0.3 is 10.2 Å². The van der Waals surface area contributed by atoms with Gasteiger partial charge in [0.05, 0.1) is 17.4 Å². The highest BCUT2D eigenvalue weighted by Gasteiger charge is 2.35. The molecule has 1 amide bonds. The van der Waals surface area contributed by atoms with Crippen LogP contribution in [0.15, 0.2) is 72.8 Å². The molecule has 32 heavy (non-hydrogen) atoms. The molecule has 0 aliphatic heterocycles. The maximum atomic E-state index is 12.3. The summed E-state index contributed by atoms with van der Waals surface area (Å²) in [6.07, 6.45) is -1.71. The first-order valence-electron chi connectivity index (χ1n) is 10.0.